The number of nitrogen functional groups attached to an aromatic ring is 2. The Balaban J connectivity index is 2.50. The molecule has 0 unspecified atom stereocenters. The standard InChI is InChI=1S/C14H6Cl4N2O2/c15-3-1-2-4(16)6-5(3)13(21)7-8(14(6)22)12(20)10(18)9(17)11(7)19/h1-2H,19-20H2. The van der Waals surface area contributed by atoms with Gasteiger partial charge in [0.25, 0.3) is 0 Å². The van der Waals surface area contributed by atoms with E-state index in [0.717, 1.165) is 0 Å². The normalized spacial score (nSPS) is 13.1. The van der Waals surface area contributed by atoms with Crippen LogP contribution in [-0.4, -0.2) is 11.6 Å². The molecule has 0 radical (unpaired) electrons. The van der Waals surface area contributed by atoms with Crippen molar-refractivity contribution >= 4 is 69.3 Å². The smallest absolute Gasteiger partial charge is 0.198 e. The number of anilines is 2. The summed E-state index contributed by atoms with van der Waals surface area (Å²) in [5, 5.41) is 0.0150. The van der Waals surface area contributed by atoms with Crippen LogP contribution in [0.5, 0.6) is 0 Å². The molecule has 0 saturated carbocycles. The van der Waals surface area contributed by atoms with Crippen LogP contribution in [0.4, 0.5) is 11.4 Å². The Morgan fingerprint density at radius 1 is 0.636 bits per heavy atom. The highest BCUT2D eigenvalue weighted by Gasteiger charge is 2.38. The quantitative estimate of drug-likeness (QED) is 0.575. The molecule has 8 heteroatoms. The van der Waals surface area contributed by atoms with E-state index in [-0.39, 0.29) is 53.7 Å². The molecule has 4 N–H and O–H groups in total. The van der Waals surface area contributed by atoms with Gasteiger partial charge in [0, 0.05) is 0 Å². The molecule has 0 aromatic heterocycles. The van der Waals surface area contributed by atoms with Gasteiger partial charge >= 0.3 is 0 Å². The van der Waals surface area contributed by atoms with Crippen molar-refractivity contribution in [3.8, 4) is 0 Å². The Morgan fingerprint density at radius 2 is 0.955 bits per heavy atom. The molecule has 4 nitrogen and oxygen atoms in total. The van der Waals surface area contributed by atoms with Gasteiger partial charge in [-0.15, -0.1) is 0 Å². The zero-order valence-corrected chi connectivity index (χ0v) is 13.7. The molecule has 0 bridgehead atoms. The molecule has 1 aliphatic carbocycles. The average molecular weight is 376 g/mol. The van der Waals surface area contributed by atoms with E-state index < -0.39 is 11.6 Å². The van der Waals surface area contributed by atoms with Gasteiger partial charge in [-0.25, -0.2) is 0 Å². The molecule has 0 amide bonds. The van der Waals surface area contributed by atoms with Crippen molar-refractivity contribution in [1.29, 1.82) is 0 Å². The maximum atomic E-state index is 12.7. The Morgan fingerprint density at radius 3 is 1.27 bits per heavy atom. The Labute approximate surface area is 144 Å². The van der Waals surface area contributed by atoms with Crippen molar-refractivity contribution in [2.24, 2.45) is 0 Å². The largest absolute Gasteiger partial charge is 0.397 e. The highest BCUT2D eigenvalue weighted by molar-refractivity contribution is 6.49. The molecular weight excluding hydrogens is 370 g/mol. The second-order valence-corrected chi connectivity index (χ2v) is 6.21. The number of fused-ring (bicyclic) bond motifs is 2. The van der Waals surface area contributed by atoms with Crippen LogP contribution in [0.2, 0.25) is 20.1 Å². The molecular formula is C14H6Cl4N2O2. The third kappa shape index (κ3) is 1.85. The van der Waals surface area contributed by atoms with E-state index in [4.69, 9.17) is 57.9 Å². The number of hydrogen-bond acceptors (Lipinski definition) is 4. The lowest BCUT2D eigenvalue weighted by molar-refractivity contribution is 0.0980. The molecule has 2 aromatic carbocycles. The van der Waals surface area contributed by atoms with Gasteiger partial charge in [-0.05, 0) is 12.1 Å². The van der Waals surface area contributed by atoms with Crippen molar-refractivity contribution in [3.63, 3.8) is 0 Å². The number of ketones is 2. The summed E-state index contributed by atoms with van der Waals surface area (Å²) in [6.45, 7) is 0. The summed E-state index contributed by atoms with van der Waals surface area (Å²) in [4.78, 5) is 25.5. The summed E-state index contributed by atoms with van der Waals surface area (Å²) in [7, 11) is 0. The van der Waals surface area contributed by atoms with Crippen molar-refractivity contribution in [3.05, 3.63) is 54.5 Å². The first kappa shape index (κ1) is 15.4. The van der Waals surface area contributed by atoms with Crippen LogP contribution in [-0.2, 0) is 0 Å². The van der Waals surface area contributed by atoms with Crippen molar-refractivity contribution in [1.82, 2.24) is 0 Å². The van der Waals surface area contributed by atoms with Crippen LogP contribution >= 0.6 is 46.4 Å². The Bertz CT molecular complexity index is 821. The number of carbonyl (C=O) groups is 2. The van der Waals surface area contributed by atoms with Gasteiger partial charge in [-0.2, -0.15) is 0 Å². The lowest BCUT2D eigenvalue weighted by Gasteiger charge is -2.23. The molecule has 0 fully saturated rings. The van der Waals surface area contributed by atoms with Gasteiger partial charge in [0.15, 0.2) is 11.6 Å². The molecule has 0 aliphatic heterocycles. The Hall–Kier alpha value is -1.46. The van der Waals surface area contributed by atoms with Crippen LogP contribution in [0.15, 0.2) is 12.1 Å². The monoisotopic (exact) mass is 374 g/mol. The van der Waals surface area contributed by atoms with Gasteiger partial charge in [-0.1, -0.05) is 46.4 Å². The summed E-state index contributed by atoms with van der Waals surface area (Å²) in [5.41, 5.74) is 11.2. The van der Waals surface area contributed by atoms with E-state index >= 15 is 0 Å². The first-order chi connectivity index (χ1) is 10.3. The van der Waals surface area contributed by atoms with E-state index in [1.807, 2.05) is 0 Å². The minimum absolute atomic E-state index is 0.0174. The molecule has 0 heterocycles. The molecule has 0 spiro atoms. The third-order valence-electron chi connectivity index (χ3n) is 3.47. The number of halogens is 4. The average Bonchev–Trinajstić information content (AvgIpc) is 2.48. The summed E-state index contributed by atoms with van der Waals surface area (Å²) >= 11 is 24.0. The fourth-order valence-corrected chi connectivity index (χ4v) is 3.32. The lowest BCUT2D eigenvalue weighted by Crippen LogP contribution is -2.25. The number of nitrogens with two attached hydrogens (primary N) is 2. The number of rotatable bonds is 0. The van der Waals surface area contributed by atoms with Crippen LogP contribution < -0.4 is 11.5 Å². The zero-order valence-electron chi connectivity index (χ0n) is 10.6. The van der Waals surface area contributed by atoms with Gasteiger partial charge in [-0.3, -0.25) is 9.59 Å². The summed E-state index contributed by atoms with van der Waals surface area (Å²) in [6.07, 6.45) is 0. The fraction of sp³-hybridized carbons (Fsp3) is 0. The minimum Gasteiger partial charge on any atom is -0.397 e. The predicted molar refractivity (Wildman–Crippen MR) is 88.6 cm³/mol. The van der Waals surface area contributed by atoms with E-state index in [2.05, 4.69) is 0 Å². The van der Waals surface area contributed by atoms with E-state index in [1.54, 1.807) is 0 Å². The second-order valence-electron chi connectivity index (χ2n) is 4.64. The predicted octanol–water partition coefficient (Wildman–Crippen LogP) is 4.24. The third-order valence-corrected chi connectivity index (χ3v) is 4.98. The molecule has 112 valence electrons. The highest BCUT2D eigenvalue weighted by atomic mass is 35.5. The van der Waals surface area contributed by atoms with Crippen LogP contribution in [0.25, 0.3) is 0 Å². The van der Waals surface area contributed by atoms with E-state index in [0.29, 0.717) is 0 Å². The zero-order chi connectivity index (χ0) is 16.3. The molecule has 22 heavy (non-hydrogen) atoms. The molecule has 3 rings (SSSR count). The molecule has 0 atom stereocenters. The van der Waals surface area contributed by atoms with Crippen LogP contribution in [0, 0.1) is 0 Å². The maximum absolute atomic E-state index is 12.7. The fourth-order valence-electron chi connectivity index (χ4n) is 2.44. The summed E-state index contributed by atoms with van der Waals surface area (Å²) in [6, 6.07) is 2.85. The van der Waals surface area contributed by atoms with Crippen molar-refractivity contribution < 1.29 is 9.59 Å². The highest BCUT2D eigenvalue weighted by Crippen LogP contribution is 2.45. The molecule has 1 aliphatic rings. The van der Waals surface area contributed by atoms with Gasteiger partial charge < -0.3 is 11.5 Å². The summed E-state index contributed by atoms with van der Waals surface area (Å²) in [5.74, 6) is -1.14. The van der Waals surface area contributed by atoms with E-state index in [9.17, 15) is 9.59 Å². The summed E-state index contributed by atoms with van der Waals surface area (Å²) < 4.78 is 0. The number of carbonyl (C=O) groups excluding carboxylic acids is 2. The topological polar surface area (TPSA) is 86.2 Å². The maximum Gasteiger partial charge on any atom is 0.198 e. The molecule has 0 saturated heterocycles. The van der Waals surface area contributed by atoms with Gasteiger partial charge in [0.2, 0.25) is 0 Å². The molecule has 2 aromatic rings. The number of hydrogen-bond donors (Lipinski definition) is 2. The van der Waals surface area contributed by atoms with Gasteiger partial charge in [0.1, 0.15) is 0 Å². The van der Waals surface area contributed by atoms with Crippen LogP contribution in [0.1, 0.15) is 31.8 Å². The Kier molecular flexibility index (Phi) is 3.53. The second kappa shape index (κ2) is 5.03. The van der Waals surface area contributed by atoms with Crippen molar-refractivity contribution in [2.75, 3.05) is 11.5 Å². The SMILES string of the molecule is Nc1c(Cl)c(Cl)c(N)c2c1C(=O)c1c(Cl)ccc(Cl)c1C2=O. The van der Waals surface area contributed by atoms with E-state index in [1.165, 1.54) is 12.1 Å². The number of benzene rings is 2. The van der Waals surface area contributed by atoms with Crippen LogP contribution in [0.3, 0.4) is 0 Å². The first-order valence-electron chi connectivity index (χ1n) is 5.90. The van der Waals surface area contributed by atoms with Crippen molar-refractivity contribution in [2.45, 2.75) is 0 Å². The minimum atomic E-state index is -0.570. The first-order valence-corrected chi connectivity index (χ1v) is 7.41. The lowest BCUT2D eigenvalue weighted by atomic mass is 9.82. The van der Waals surface area contributed by atoms with Gasteiger partial charge in [0.05, 0.1) is 53.7 Å².